The van der Waals surface area contributed by atoms with Gasteiger partial charge in [0.2, 0.25) is 0 Å². The molecule has 0 spiro atoms. The van der Waals surface area contributed by atoms with Crippen molar-refractivity contribution >= 4 is 27.5 Å². The van der Waals surface area contributed by atoms with Gasteiger partial charge in [-0.15, -0.1) is 0 Å². The second-order valence-corrected chi connectivity index (χ2v) is 6.11. The fourth-order valence-corrected chi connectivity index (χ4v) is 3.23. The van der Waals surface area contributed by atoms with Crippen LogP contribution in [-0.4, -0.2) is 13.1 Å². The van der Waals surface area contributed by atoms with Crippen molar-refractivity contribution in [3.63, 3.8) is 0 Å². The fourth-order valence-electron chi connectivity index (χ4n) is 3.23. The molecule has 0 saturated carbocycles. The number of ether oxygens (including phenoxy) is 2. The van der Waals surface area contributed by atoms with E-state index in [0.29, 0.717) is 11.3 Å². The lowest BCUT2D eigenvalue weighted by Gasteiger charge is -2.11. The van der Waals surface area contributed by atoms with Crippen LogP contribution < -0.4 is 4.74 Å². The van der Waals surface area contributed by atoms with Gasteiger partial charge in [-0.05, 0) is 51.4 Å². The molecule has 3 nitrogen and oxygen atoms in total. The average molecular weight is 342 g/mol. The van der Waals surface area contributed by atoms with E-state index in [9.17, 15) is 4.79 Å². The van der Waals surface area contributed by atoms with Crippen molar-refractivity contribution in [3.05, 3.63) is 90.0 Å². The molecule has 0 aromatic heterocycles. The molecule has 0 aliphatic heterocycles. The zero-order valence-corrected chi connectivity index (χ0v) is 14.4. The van der Waals surface area contributed by atoms with E-state index in [4.69, 9.17) is 9.47 Å². The van der Waals surface area contributed by atoms with Gasteiger partial charge in [-0.2, -0.15) is 0 Å². The summed E-state index contributed by atoms with van der Waals surface area (Å²) in [4.78, 5) is 12.4. The second kappa shape index (κ2) is 6.89. The van der Waals surface area contributed by atoms with Gasteiger partial charge in [-0.25, -0.2) is 4.79 Å². The van der Waals surface area contributed by atoms with Crippen LogP contribution in [0.4, 0.5) is 0 Å². The molecule has 26 heavy (non-hydrogen) atoms. The number of carbonyl (C=O) groups excluding carboxylic acids is 1. The van der Waals surface area contributed by atoms with Crippen molar-refractivity contribution in [2.24, 2.45) is 0 Å². The first-order valence-electron chi connectivity index (χ1n) is 8.47. The number of methoxy groups -OCH3 is 1. The van der Waals surface area contributed by atoms with Crippen LogP contribution in [0.5, 0.6) is 5.75 Å². The van der Waals surface area contributed by atoms with E-state index < -0.39 is 0 Å². The molecular formula is C23H18O3. The van der Waals surface area contributed by atoms with Crippen molar-refractivity contribution in [1.29, 1.82) is 0 Å². The molecule has 0 aliphatic rings. The SMILES string of the molecule is COc1cccc(C(=O)OCc2cc3ccccc3c3ccccc23)c1. The minimum absolute atomic E-state index is 0.224. The van der Waals surface area contributed by atoms with Crippen LogP contribution in [0.25, 0.3) is 21.5 Å². The molecule has 128 valence electrons. The topological polar surface area (TPSA) is 35.5 Å². The minimum atomic E-state index is -0.360. The van der Waals surface area contributed by atoms with Crippen LogP contribution in [0.3, 0.4) is 0 Å². The Bertz CT molecular complexity index is 1100. The van der Waals surface area contributed by atoms with Gasteiger partial charge in [0, 0.05) is 0 Å². The van der Waals surface area contributed by atoms with Gasteiger partial charge in [0.15, 0.2) is 0 Å². The Hall–Kier alpha value is -3.33. The van der Waals surface area contributed by atoms with Gasteiger partial charge in [0.1, 0.15) is 12.4 Å². The molecule has 0 heterocycles. The highest BCUT2D eigenvalue weighted by Crippen LogP contribution is 2.29. The third kappa shape index (κ3) is 3.00. The average Bonchev–Trinajstić information content (AvgIpc) is 2.71. The Kier molecular flexibility index (Phi) is 4.28. The number of rotatable bonds is 4. The van der Waals surface area contributed by atoms with Crippen molar-refractivity contribution < 1.29 is 14.3 Å². The molecule has 0 aliphatic carbocycles. The van der Waals surface area contributed by atoms with E-state index in [1.807, 2.05) is 24.3 Å². The Labute approximate surface area is 151 Å². The van der Waals surface area contributed by atoms with Gasteiger partial charge >= 0.3 is 5.97 Å². The van der Waals surface area contributed by atoms with E-state index in [1.165, 1.54) is 5.39 Å². The van der Waals surface area contributed by atoms with Crippen molar-refractivity contribution in [1.82, 2.24) is 0 Å². The fraction of sp³-hybridized carbons (Fsp3) is 0.0870. The standard InChI is InChI=1S/C23H18O3/c1-25-19-9-6-8-17(14-19)23(24)26-15-18-13-16-7-2-3-10-20(16)22-12-5-4-11-21(18)22/h2-14H,15H2,1H3. The molecule has 0 N–H and O–H groups in total. The normalized spacial score (nSPS) is 10.8. The molecule has 0 bridgehead atoms. The predicted molar refractivity (Wildman–Crippen MR) is 104 cm³/mol. The van der Waals surface area contributed by atoms with Crippen LogP contribution >= 0.6 is 0 Å². The number of esters is 1. The molecular weight excluding hydrogens is 324 g/mol. The monoisotopic (exact) mass is 342 g/mol. The Balaban J connectivity index is 1.67. The summed E-state index contributed by atoms with van der Waals surface area (Å²) in [6.45, 7) is 0.224. The van der Waals surface area contributed by atoms with E-state index >= 15 is 0 Å². The molecule has 0 amide bonds. The molecule has 3 heteroatoms. The smallest absolute Gasteiger partial charge is 0.338 e. The summed E-state index contributed by atoms with van der Waals surface area (Å²) in [5.74, 6) is 0.275. The van der Waals surface area contributed by atoms with Crippen LogP contribution in [0.2, 0.25) is 0 Å². The lowest BCUT2D eigenvalue weighted by molar-refractivity contribution is 0.0474. The first-order chi connectivity index (χ1) is 12.8. The zero-order chi connectivity index (χ0) is 17.9. The summed E-state index contributed by atoms with van der Waals surface area (Å²) >= 11 is 0. The minimum Gasteiger partial charge on any atom is -0.497 e. The van der Waals surface area contributed by atoms with Crippen LogP contribution in [0.15, 0.2) is 78.9 Å². The quantitative estimate of drug-likeness (QED) is 0.370. The highest BCUT2D eigenvalue weighted by atomic mass is 16.5. The van der Waals surface area contributed by atoms with E-state index in [-0.39, 0.29) is 12.6 Å². The third-order valence-corrected chi connectivity index (χ3v) is 4.52. The number of hydrogen-bond acceptors (Lipinski definition) is 3. The maximum atomic E-state index is 12.4. The van der Waals surface area contributed by atoms with Crippen molar-refractivity contribution in [3.8, 4) is 5.75 Å². The lowest BCUT2D eigenvalue weighted by atomic mass is 9.97. The third-order valence-electron chi connectivity index (χ3n) is 4.52. The van der Waals surface area contributed by atoms with Crippen LogP contribution in [0, 0.1) is 0 Å². The number of carbonyl (C=O) groups is 1. The Morgan fingerprint density at radius 1 is 0.808 bits per heavy atom. The Morgan fingerprint density at radius 2 is 1.54 bits per heavy atom. The van der Waals surface area contributed by atoms with Crippen LogP contribution in [-0.2, 0) is 11.3 Å². The lowest BCUT2D eigenvalue weighted by Crippen LogP contribution is -2.05. The van der Waals surface area contributed by atoms with Gasteiger partial charge in [0.05, 0.1) is 12.7 Å². The Morgan fingerprint density at radius 3 is 2.35 bits per heavy atom. The summed E-state index contributed by atoms with van der Waals surface area (Å²) in [6.07, 6.45) is 0. The first-order valence-corrected chi connectivity index (χ1v) is 8.47. The number of benzene rings is 4. The molecule has 4 aromatic rings. The van der Waals surface area contributed by atoms with E-state index in [0.717, 1.165) is 21.7 Å². The number of fused-ring (bicyclic) bond motifs is 3. The summed E-state index contributed by atoms with van der Waals surface area (Å²) < 4.78 is 10.7. The van der Waals surface area contributed by atoms with Crippen molar-refractivity contribution in [2.75, 3.05) is 7.11 Å². The molecule has 4 aromatic carbocycles. The summed E-state index contributed by atoms with van der Waals surface area (Å²) in [7, 11) is 1.58. The van der Waals surface area contributed by atoms with Gasteiger partial charge in [0.25, 0.3) is 0 Å². The van der Waals surface area contributed by atoms with E-state index in [1.54, 1.807) is 31.4 Å². The molecule has 4 rings (SSSR count). The van der Waals surface area contributed by atoms with Gasteiger partial charge < -0.3 is 9.47 Å². The van der Waals surface area contributed by atoms with Gasteiger partial charge in [-0.1, -0.05) is 54.6 Å². The largest absolute Gasteiger partial charge is 0.497 e. The molecule has 0 atom stereocenters. The molecule has 0 fully saturated rings. The first kappa shape index (κ1) is 16.2. The van der Waals surface area contributed by atoms with E-state index in [2.05, 4.69) is 30.3 Å². The second-order valence-electron chi connectivity index (χ2n) is 6.11. The maximum Gasteiger partial charge on any atom is 0.338 e. The summed E-state index contributed by atoms with van der Waals surface area (Å²) in [5.41, 5.74) is 1.48. The van der Waals surface area contributed by atoms with Crippen LogP contribution in [0.1, 0.15) is 15.9 Å². The highest BCUT2D eigenvalue weighted by molar-refractivity contribution is 6.09. The molecule has 0 saturated heterocycles. The maximum absolute atomic E-state index is 12.4. The summed E-state index contributed by atoms with van der Waals surface area (Å²) in [6, 6.07) is 25.5. The van der Waals surface area contributed by atoms with Crippen molar-refractivity contribution in [2.45, 2.75) is 6.61 Å². The molecule has 0 unspecified atom stereocenters. The molecule has 0 radical (unpaired) electrons. The zero-order valence-electron chi connectivity index (χ0n) is 14.4. The highest BCUT2D eigenvalue weighted by Gasteiger charge is 2.11. The summed E-state index contributed by atoms with van der Waals surface area (Å²) in [5, 5.41) is 4.60. The number of hydrogen-bond donors (Lipinski definition) is 0. The predicted octanol–water partition coefficient (Wildman–Crippen LogP) is 5.36. The van der Waals surface area contributed by atoms with Gasteiger partial charge in [-0.3, -0.25) is 0 Å².